The molecule has 0 aliphatic carbocycles. The number of nitrogens with zero attached hydrogens (tertiary/aromatic N) is 1. The molecule has 1 aliphatic heterocycles. The van der Waals surface area contributed by atoms with Crippen molar-refractivity contribution in [2.75, 3.05) is 19.8 Å². The first-order chi connectivity index (χ1) is 8.88. The molecule has 4 nitrogen and oxygen atoms in total. The van der Waals surface area contributed by atoms with E-state index in [0.29, 0.717) is 24.7 Å². The molecule has 1 aliphatic rings. The average Bonchev–Trinajstić information content (AvgIpc) is 2.38. The number of alkyl halides is 1. The molecule has 1 heterocycles. The van der Waals surface area contributed by atoms with Gasteiger partial charge in [0.05, 0.1) is 23.6 Å². The van der Waals surface area contributed by atoms with Crippen LogP contribution in [-0.2, 0) is 20.1 Å². The molecule has 1 fully saturated rings. The lowest BCUT2D eigenvalue weighted by molar-refractivity contribution is -0.00770. The van der Waals surface area contributed by atoms with Crippen LogP contribution in [-0.4, -0.2) is 38.0 Å². The molecule has 0 amide bonds. The summed E-state index contributed by atoms with van der Waals surface area (Å²) in [7, 11) is -3.46. The highest BCUT2D eigenvalue weighted by Gasteiger charge is 2.39. The second kappa shape index (κ2) is 5.52. The Morgan fingerprint density at radius 1 is 1.32 bits per heavy atom. The van der Waals surface area contributed by atoms with E-state index in [1.165, 1.54) is 4.31 Å². The summed E-state index contributed by atoms with van der Waals surface area (Å²) in [6.07, 6.45) is 0. The summed E-state index contributed by atoms with van der Waals surface area (Å²) in [5.74, 6) is 0. The van der Waals surface area contributed by atoms with Gasteiger partial charge in [-0.3, -0.25) is 0 Å². The third-order valence-corrected chi connectivity index (χ3v) is 6.01. The highest BCUT2D eigenvalue weighted by molar-refractivity contribution is 9.08. The third kappa shape index (κ3) is 3.02. The summed E-state index contributed by atoms with van der Waals surface area (Å²) in [6.45, 7) is 5.04. The number of morpholine rings is 1. The molecule has 0 radical (unpaired) electrons. The van der Waals surface area contributed by atoms with Crippen LogP contribution in [0.25, 0.3) is 0 Å². The van der Waals surface area contributed by atoms with Crippen molar-refractivity contribution in [3.63, 3.8) is 0 Å². The van der Waals surface area contributed by atoms with E-state index in [9.17, 15) is 8.42 Å². The Bertz CT molecular complexity index is 540. The van der Waals surface area contributed by atoms with E-state index < -0.39 is 15.6 Å². The zero-order valence-electron chi connectivity index (χ0n) is 11.1. The van der Waals surface area contributed by atoms with Gasteiger partial charge in [0.2, 0.25) is 10.0 Å². The van der Waals surface area contributed by atoms with Gasteiger partial charge < -0.3 is 4.74 Å². The van der Waals surface area contributed by atoms with Gasteiger partial charge in [-0.1, -0.05) is 28.1 Å². The molecular formula is C13H18BrNO3S. The van der Waals surface area contributed by atoms with Crippen LogP contribution in [0, 0.1) is 0 Å². The van der Waals surface area contributed by atoms with E-state index in [1.807, 2.05) is 26.0 Å². The van der Waals surface area contributed by atoms with Gasteiger partial charge in [0, 0.05) is 11.9 Å². The van der Waals surface area contributed by atoms with E-state index in [4.69, 9.17) is 4.74 Å². The van der Waals surface area contributed by atoms with Crippen molar-refractivity contribution >= 4 is 26.0 Å². The zero-order valence-corrected chi connectivity index (χ0v) is 13.5. The highest BCUT2D eigenvalue weighted by Crippen LogP contribution is 2.27. The molecule has 0 unspecified atom stereocenters. The Morgan fingerprint density at radius 2 is 1.95 bits per heavy atom. The molecule has 0 atom stereocenters. The predicted molar refractivity (Wildman–Crippen MR) is 77.9 cm³/mol. The molecule has 0 aromatic heterocycles. The van der Waals surface area contributed by atoms with Crippen LogP contribution in [0.1, 0.15) is 19.4 Å². The predicted octanol–water partition coefficient (Wildman–Crippen LogP) is 2.38. The lowest BCUT2D eigenvalue weighted by Crippen LogP contribution is -2.55. The average molecular weight is 348 g/mol. The van der Waals surface area contributed by atoms with E-state index in [0.717, 1.165) is 10.9 Å². The van der Waals surface area contributed by atoms with Crippen LogP contribution in [0.15, 0.2) is 29.2 Å². The smallest absolute Gasteiger partial charge is 0.243 e. The van der Waals surface area contributed by atoms with Gasteiger partial charge in [0.1, 0.15) is 0 Å². The number of rotatable bonds is 3. The first-order valence-electron chi connectivity index (χ1n) is 6.13. The fourth-order valence-corrected chi connectivity index (χ4v) is 4.29. The molecule has 1 aromatic rings. The topological polar surface area (TPSA) is 46.6 Å². The SMILES string of the molecule is CC1(C)COCCN1S(=O)(=O)c1ccc(CBr)cc1. The zero-order chi connectivity index (χ0) is 14.1. The van der Waals surface area contributed by atoms with Crippen molar-refractivity contribution in [3.8, 4) is 0 Å². The van der Waals surface area contributed by atoms with Crippen molar-refractivity contribution in [3.05, 3.63) is 29.8 Å². The monoisotopic (exact) mass is 347 g/mol. The molecule has 0 N–H and O–H groups in total. The summed E-state index contributed by atoms with van der Waals surface area (Å²) in [4.78, 5) is 0.340. The van der Waals surface area contributed by atoms with Gasteiger partial charge in [-0.2, -0.15) is 4.31 Å². The van der Waals surface area contributed by atoms with Gasteiger partial charge in [-0.25, -0.2) is 8.42 Å². The summed E-state index contributed by atoms with van der Waals surface area (Å²) in [5.41, 5.74) is 0.547. The highest BCUT2D eigenvalue weighted by atomic mass is 79.9. The van der Waals surface area contributed by atoms with Gasteiger partial charge in [0.25, 0.3) is 0 Å². The third-order valence-electron chi connectivity index (χ3n) is 3.23. The normalized spacial score (nSPS) is 20.4. The lowest BCUT2D eigenvalue weighted by Gasteiger charge is -2.40. The summed E-state index contributed by atoms with van der Waals surface area (Å²) in [5, 5.41) is 0.719. The van der Waals surface area contributed by atoms with Gasteiger partial charge in [-0.05, 0) is 31.5 Å². The Labute approximate surface area is 122 Å². The van der Waals surface area contributed by atoms with Crippen molar-refractivity contribution in [1.82, 2.24) is 4.31 Å². The van der Waals surface area contributed by atoms with Crippen LogP contribution < -0.4 is 0 Å². The molecule has 106 valence electrons. The fourth-order valence-electron chi connectivity index (χ4n) is 2.17. The maximum absolute atomic E-state index is 12.7. The summed E-state index contributed by atoms with van der Waals surface area (Å²) in [6, 6.07) is 6.99. The maximum Gasteiger partial charge on any atom is 0.243 e. The summed E-state index contributed by atoms with van der Waals surface area (Å²) >= 11 is 3.35. The van der Waals surface area contributed by atoms with Crippen molar-refractivity contribution in [2.24, 2.45) is 0 Å². The first-order valence-corrected chi connectivity index (χ1v) is 8.69. The molecule has 2 rings (SSSR count). The maximum atomic E-state index is 12.7. The molecule has 0 spiro atoms. The molecule has 6 heteroatoms. The minimum absolute atomic E-state index is 0.340. The minimum atomic E-state index is -3.46. The molecular weight excluding hydrogens is 330 g/mol. The molecule has 1 aromatic carbocycles. The largest absolute Gasteiger partial charge is 0.378 e. The van der Waals surface area contributed by atoms with E-state index >= 15 is 0 Å². The Kier molecular flexibility index (Phi) is 4.35. The van der Waals surface area contributed by atoms with Crippen molar-refractivity contribution in [1.29, 1.82) is 0 Å². The number of hydrogen-bond donors (Lipinski definition) is 0. The molecule has 1 saturated heterocycles. The van der Waals surface area contributed by atoms with Gasteiger partial charge in [0.15, 0.2) is 0 Å². The Hall–Kier alpha value is -0.430. The van der Waals surface area contributed by atoms with E-state index in [2.05, 4.69) is 15.9 Å². The van der Waals surface area contributed by atoms with Crippen LogP contribution >= 0.6 is 15.9 Å². The summed E-state index contributed by atoms with van der Waals surface area (Å²) < 4.78 is 32.2. The minimum Gasteiger partial charge on any atom is -0.378 e. The Balaban J connectivity index is 2.35. The quantitative estimate of drug-likeness (QED) is 0.788. The standard InChI is InChI=1S/C13H18BrNO3S/c1-13(2)10-18-8-7-15(13)19(16,17)12-5-3-11(9-14)4-6-12/h3-6H,7-10H2,1-2H3. The van der Waals surface area contributed by atoms with Crippen molar-refractivity contribution in [2.45, 2.75) is 29.6 Å². The second-order valence-electron chi connectivity index (χ2n) is 5.22. The number of ether oxygens (including phenoxy) is 1. The van der Waals surface area contributed by atoms with Crippen molar-refractivity contribution < 1.29 is 13.2 Å². The van der Waals surface area contributed by atoms with Crippen LogP contribution in [0.5, 0.6) is 0 Å². The van der Waals surface area contributed by atoms with E-state index in [-0.39, 0.29) is 0 Å². The van der Waals surface area contributed by atoms with Crippen LogP contribution in [0.2, 0.25) is 0 Å². The van der Waals surface area contributed by atoms with Crippen LogP contribution in [0.4, 0.5) is 0 Å². The fraction of sp³-hybridized carbons (Fsp3) is 0.538. The number of sulfonamides is 1. The number of benzene rings is 1. The lowest BCUT2D eigenvalue weighted by atomic mass is 10.1. The number of hydrogen-bond acceptors (Lipinski definition) is 3. The Morgan fingerprint density at radius 3 is 2.47 bits per heavy atom. The number of halogens is 1. The van der Waals surface area contributed by atoms with Crippen LogP contribution in [0.3, 0.4) is 0 Å². The second-order valence-corrected chi connectivity index (χ2v) is 7.64. The van der Waals surface area contributed by atoms with Gasteiger partial charge >= 0.3 is 0 Å². The van der Waals surface area contributed by atoms with Gasteiger partial charge in [-0.15, -0.1) is 0 Å². The van der Waals surface area contributed by atoms with E-state index in [1.54, 1.807) is 12.1 Å². The first kappa shape index (κ1) is 15.0. The molecule has 0 bridgehead atoms. The molecule has 19 heavy (non-hydrogen) atoms. The molecule has 0 saturated carbocycles.